The highest BCUT2D eigenvalue weighted by molar-refractivity contribution is 6.45. The van der Waals surface area contributed by atoms with E-state index in [1.54, 1.807) is 0 Å². The van der Waals surface area contributed by atoms with Gasteiger partial charge in [-0.2, -0.15) is 0 Å². The minimum Gasteiger partial charge on any atom is -0.366 e. The Balaban J connectivity index is 1.89. The van der Waals surface area contributed by atoms with Gasteiger partial charge in [0.05, 0.1) is 11.3 Å². The Morgan fingerprint density at radius 1 is 0.774 bits per heavy atom. The molecule has 2 aliphatic heterocycles. The minimum atomic E-state index is -0.220. The van der Waals surface area contributed by atoms with Crippen molar-refractivity contribution < 1.29 is 9.59 Å². The molecule has 2 unspecified atom stereocenters. The summed E-state index contributed by atoms with van der Waals surface area (Å²) in [5.74, 6) is 0.542. The van der Waals surface area contributed by atoms with Gasteiger partial charge in [-0.1, -0.05) is 44.2 Å². The number of piperidine rings is 1. The highest BCUT2D eigenvalue weighted by Crippen LogP contribution is 2.38. The van der Waals surface area contributed by atoms with Gasteiger partial charge in [0.15, 0.2) is 0 Å². The second-order valence-electron chi connectivity index (χ2n) is 9.61. The summed E-state index contributed by atoms with van der Waals surface area (Å²) < 4.78 is 0. The molecule has 31 heavy (non-hydrogen) atoms. The number of aryl methyl sites for hydroxylation is 4. The Morgan fingerprint density at radius 2 is 1.42 bits per heavy atom. The molecular weight excluding hydrogens is 384 g/mol. The van der Waals surface area contributed by atoms with Gasteiger partial charge in [0.1, 0.15) is 5.70 Å². The van der Waals surface area contributed by atoms with Crippen LogP contribution in [0.5, 0.6) is 0 Å². The van der Waals surface area contributed by atoms with Crippen LogP contribution in [0.3, 0.4) is 0 Å². The van der Waals surface area contributed by atoms with Crippen LogP contribution in [0.15, 0.2) is 42.1 Å². The second kappa shape index (κ2) is 7.99. The molecule has 0 radical (unpaired) electrons. The Hall–Kier alpha value is -2.88. The largest absolute Gasteiger partial charge is 0.366 e. The fraction of sp³-hybridized carbons (Fsp3) is 0.407. The molecule has 4 nitrogen and oxygen atoms in total. The number of amides is 2. The van der Waals surface area contributed by atoms with E-state index in [0.29, 0.717) is 28.8 Å². The van der Waals surface area contributed by atoms with E-state index < -0.39 is 0 Å². The summed E-state index contributed by atoms with van der Waals surface area (Å²) in [5, 5.41) is 0. The lowest BCUT2D eigenvalue weighted by Crippen LogP contribution is -2.42. The highest BCUT2D eigenvalue weighted by atomic mass is 16.2. The fourth-order valence-corrected chi connectivity index (χ4v) is 4.99. The molecule has 2 atom stereocenters. The first kappa shape index (κ1) is 21.4. The highest BCUT2D eigenvalue weighted by Gasteiger charge is 2.44. The first-order chi connectivity index (χ1) is 14.7. The molecule has 1 fully saturated rings. The molecule has 0 aliphatic carbocycles. The Morgan fingerprint density at radius 3 is 2.06 bits per heavy atom. The molecule has 0 bridgehead atoms. The standard InChI is InChI=1S/C27H32N2O2/c1-16-7-8-20(5)23(12-16)29-26(30)24(22-10-9-19(4)21(6)13-22)25(27(29)31)28-14-17(2)11-18(3)15-28/h7-10,12-13,17-18H,11,14-15H2,1-6H3. The molecule has 0 N–H and O–H groups in total. The van der Waals surface area contributed by atoms with E-state index in [1.165, 1.54) is 10.5 Å². The molecule has 4 rings (SSSR count). The third-order valence-corrected chi connectivity index (χ3v) is 6.65. The number of rotatable bonds is 3. The van der Waals surface area contributed by atoms with E-state index in [-0.39, 0.29) is 11.8 Å². The number of carbonyl (C=O) groups is 2. The SMILES string of the molecule is Cc1ccc(C)c(N2C(=O)C(c3ccc(C)c(C)c3)=C(N3CC(C)CC(C)C3)C2=O)c1. The number of benzene rings is 2. The van der Waals surface area contributed by atoms with Crippen molar-refractivity contribution in [2.45, 2.75) is 48.0 Å². The normalized spacial score (nSPS) is 22.0. The first-order valence-corrected chi connectivity index (χ1v) is 11.2. The van der Waals surface area contributed by atoms with Crippen LogP contribution in [0, 0.1) is 39.5 Å². The zero-order valence-electron chi connectivity index (χ0n) is 19.5. The van der Waals surface area contributed by atoms with Gasteiger partial charge in [-0.15, -0.1) is 0 Å². The summed E-state index contributed by atoms with van der Waals surface area (Å²) in [7, 11) is 0. The van der Waals surface area contributed by atoms with Crippen LogP contribution < -0.4 is 4.90 Å². The third-order valence-electron chi connectivity index (χ3n) is 6.65. The lowest BCUT2D eigenvalue weighted by molar-refractivity contribution is -0.120. The summed E-state index contributed by atoms with van der Waals surface area (Å²) >= 11 is 0. The van der Waals surface area contributed by atoms with Gasteiger partial charge < -0.3 is 4.90 Å². The van der Waals surface area contributed by atoms with Crippen LogP contribution >= 0.6 is 0 Å². The molecule has 2 amide bonds. The lowest BCUT2D eigenvalue weighted by Gasteiger charge is -2.37. The van der Waals surface area contributed by atoms with Gasteiger partial charge in [0, 0.05) is 13.1 Å². The first-order valence-electron chi connectivity index (χ1n) is 11.2. The Kier molecular flexibility index (Phi) is 5.50. The third kappa shape index (κ3) is 3.80. The van der Waals surface area contributed by atoms with Gasteiger partial charge >= 0.3 is 0 Å². The van der Waals surface area contributed by atoms with E-state index in [0.717, 1.165) is 41.8 Å². The molecule has 2 aromatic carbocycles. The maximum Gasteiger partial charge on any atom is 0.282 e. The zero-order chi connectivity index (χ0) is 22.4. The topological polar surface area (TPSA) is 40.6 Å². The number of nitrogens with zero attached hydrogens (tertiary/aromatic N) is 2. The summed E-state index contributed by atoms with van der Waals surface area (Å²) in [5.41, 5.74) is 6.86. The molecule has 0 spiro atoms. The predicted molar refractivity (Wildman–Crippen MR) is 126 cm³/mol. The van der Waals surface area contributed by atoms with Gasteiger partial charge in [-0.05, 0) is 79.8 Å². The number of hydrogen-bond donors (Lipinski definition) is 0. The molecule has 1 saturated heterocycles. The molecule has 0 saturated carbocycles. The molecule has 0 aromatic heterocycles. The van der Waals surface area contributed by atoms with Crippen LogP contribution in [0.1, 0.15) is 48.1 Å². The molecule has 162 valence electrons. The van der Waals surface area contributed by atoms with Crippen molar-refractivity contribution in [1.29, 1.82) is 0 Å². The number of imide groups is 1. The van der Waals surface area contributed by atoms with Crippen molar-refractivity contribution in [3.63, 3.8) is 0 Å². The second-order valence-corrected chi connectivity index (χ2v) is 9.61. The maximum atomic E-state index is 13.8. The van der Waals surface area contributed by atoms with Crippen molar-refractivity contribution in [1.82, 2.24) is 4.90 Å². The minimum absolute atomic E-state index is 0.201. The quantitative estimate of drug-likeness (QED) is 0.647. The van der Waals surface area contributed by atoms with Crippen LogP contribution in [0.25, 0.3) is 5.57 Å². The van der Waals surface area contributed by atoms with Crippen LogP contribution in [0.2, 0.25) is 0 Å². The van der Waals surface area contributed by atoms with Gasteiger partial charge in [0.2, 0.25) is 0 Å². The number of anilines is 1. The maximum absolute atomic E-state index is 13.8. The predicted octanol–water partition coefficient (Wildman–Crippen LogP) is 5.18. The molecule has 2 heterocycles. The zero-order valence-corrected chi connectivity index (χ0v) is 19.5. The summed E-state index contributed by atoms with van der Waals surface area (Å²) in [6.45, 7) is 14.1. The number of hydrogen-bond acceptors (Lipinski definition) is 3. The fourth-order valence-electron chi connectivity index (χ4n) is 4.99. The van der Waals surface area contributed by atoms with E-state index >= 15 is 0 Å². The number of likely N-dealkylation sites (tertiary alicyclic amines) is 1. The Bertz CT molecular complexity index is 1090. The van der Waals surface area contributed by atoms with Gasteiger partial charge in [-0.3, -0.25) is 9.59 Å². The molecule has 2 aliphatic rings. The van der Waals surface area contributed by atoms with Gasteiger partial charge in [0.25, 0.3) is 11.8 Å². The molecular formula is C27H32N2O2. The van der Waals surface area contributed by atoms with Crippen molar-refractivity contribution in [2.24, 2.45) is 11.8 Å². The van der Waals surface area contributed by atoms with E-state index in [1.807, 2.05) is 57.2 Å². The summed E-state index contributed by atoms with van der Waals surface area (Å²) in [6, 6.07) is 12.0. The Labute approximate surface area is 185 Å². The smallest absolute Gasteiger partial charge is 0.282 e. The van der Waals surface area contributed by atoms with Crippen LogP contribution in [-0.4, -0.2) is 29.8 Å². The average Bonchev–Trinajstić information content (AvgIpc) is 2.95. The number of carbonyl (C=O) groups excluding carboxylic acids is 2. The van der Waals surface area contributed by atoms with Crippen molar-refractivity contribution in [3.8, 4) is 0 Å². The van der Waals surface area contributed by atoms with Crippen molar-refractivity contribution in [3.05, 3.63) is 69.9 Å². The van der Waals surface area contributed by atoms with Gasteiger partial charge in [-0.25, -0.2) is 4.90 Å². The van der Waals surface area contributed by atoms with E-state index in [2.05, 4.69) is 25.7 Å². The van der Waals surface area contributed by atoms with Crippen LogP contribution in [-0.2, 0) is 9.59 Å². The summed E-state index contributed by atoms with van der Waals surface area (Å²) in [6.07, 6.45) is 1.14. The van der Waals surface area contributed by atoms with Crippen molar-refractivity contribution >= 4 is 23.1 Å². The molecule has 4 heteroatoms. The van der Waals surface area contributed by atoms with E-state index in [9.17, 15) is 9.59 Å². The lowest BCUT2D eigenvalue weighted by atomic mass is 9.90. The monoisotopic (exact) mass is 416 g/mol. The molecule has 2 aromatic rings. The van der Waals surface area contributed by atoms with Crippen molar-refractivity contribution in [2.75, 3.05) is 18.0 Å². The average molecular weight is 417 g/mol. The van der Waals surface area contributed by atoms with E-state index in [4.69, 9.17) is 0 Å². The summed E-state index contributed by atoms with van der Waals surface area (Å²) in [4.78, 5) is 31.2. The van der Waals surface area contributed by atoms with Crippen LogP contribution in [0.4, 0.5) is 5.69 Å².